The summed E-state index contributed by atoms with van der Waals surface area (Å²) in [6, 6.07) is 7.85. The van der Waals surface area contributed by atoms with Crippen LogP contribution in [0, 0.1) is 12.3 Å². The highest BCUT2D eigenvalue weighted by atomic mass is 16.2. The first kappa shape index (κ1) is 17.2. The van der Waals surface area contributed by atoms with Gasteiger partial charge in [-0.05, 0) is 23.5 Å². The molecule has 0 radical (unpaired) electrons. The molecule has 0 spiro atoms. The summed E-state index contributed by atoms with van der Waals surface area (Å²) in [7, 11) is 0. The Morgan fingerprint density at radius 3 is 2.33 bits per heavy atom. The molecular weight excluding hydrogens is 266 g/mol. The van der Waals surface area contributed by atoms with E-state index in [9.17, 15) is 9.59 Å². The highest BCUT2D eigenvalue weighted by Crippen LogP contribution is 2.34. The maximum atomic E-state index is 12.0. The van der Waals surface area contributed by atoms with E-state index in [0.717, 1.165) is 11.1 Å². The van der Waals surface area contributed by atoms with E-state index in [1.54, 1.807) is 0 Å². The molecule has 0 aliphatic rings. The van der Waals surface area contributed by atoms with Crippen LogP contribution in [0.2, 0.25) is 0 Å². The topological polar surface area (TPSA) is 84.2 Å². The highest BCUT2D eigenvalue weighted by Gasteiger charge is 2.28. The largest absolute Gasteiger partial charge is 0.347 e. The monoisotopic (exact) mass is 291 g/mol. The van der Waals surface area contributed by atoms with E-state index >= 15 is 0 Å². The quantitative estimate of drug-likeness (QED) is 0.764. The van der Waals surface area contributed by atoms with Crippen molar-refractivity contribution in [3.05, 3.63) is 35.4 Å². The van der Waals surface area contributed by atoms with E-state index in [0.29, 0.717) is 0 Å². The number of benzene rings is 1. The van der Waals surface area contributed by atoms with Gasteiger partial charge in [-0.25, -0.2) is 0 Å². The minimum Gasteiger partial charge on any atom is -0.347 e. The Kier molecular flexibility index (Phi) is 5.90. The van der Waals surface area contributed by atoms with Crippen molar-refractivity contribution in [3.8, 4) is 0 Å². The number of hydrogen-bond acceptors (Lipinski definition) is 3. The lowest BCUT2D eigenvalue weighted by molar-refractivity contribution is -0.126. The molecule has 0 saturated heterocycles. The number of hydrogen-bond donors (Lipinski definition) is 3. The first-order valence-corrected chi connectivity index (χ1v) is 7.07. The Bertz CT molecular complexity index is 506. The van der Waals surface area contributed by atoms with Crippen molar-refractivity contribution in [2.45, 2.75) is 33.7 Å². The molecule has 5 heteroatoms. The van der Waals surface area contributed by atoms with Crippen molar-refractivity contribution in [1.29, 1.82) is 0 Å². The van der Waals surface area contributed by atoms with Gasteiger partial charge in [0.05, 0.1) is 19.1 Å². The van der Waals surface area contributed by atoms with Gasteiger partial charge in [-0.3, -0.25) is 9.59 Å². The lowest BCUT2D eigenvalue weighted by Gasteiger charge is -2.33. The van der Waals surface area contributed by atoms with E-state index in [1.807, 2.05) is 31.2 Å². The lowest BCUT2D eigenvalue weighted by Crippen LogP contribution is -2.43. The lowest BCUT2D eigenvalue weighted by atomic mass is 9.81. The summed E-state index contributed by atoms with van der Waals surface area (Å²) in [6.07, 6.45) is 0. The van der Waals surface area contributed by atoms with Gasteiger partial charge in [0.2, 0.25) is 11.8 Å². The summed E-state index contributed by atoms with van der Waals surface area (Å²) in [6.45, 7) is 8.06. The second kappa shape index (κ2) is 7.22. The summed E-state index contributed by atoms with van der Waals surface area (Å²) >= 11 is 0. The molecule has 0 aliphatic carbocycles. The summed E-state index contributed by atoms with van der Waals surface area (Å²) in [5.74, 6) is -0.562. The number of nitrogens with one attached hydrogen (secondary N) is 2. The van der Waals surface area contributed by atoms with Crippen LogP contribution >= 0.6 is 0 Å². The maximum absolute atomic E-state index is 12.0. The molecule has 4 N–H and O–H groups in total. The van der Waals surface area contributed by atoms with Gasteiger partial charge in [-0.15, -0.1) is 0 Å². The molecule has 5 nitrogen and oxygen atoms in total. The molecule has 1 unspecified atom stereocenters. The van der Waals surface area contributed by atoms with Gasteiger partial charge < -0.3 is 16.4 Å². The van der Waals surface area contributed by atoms with Crippen LogP contribution in [0.5, 0.6) is 0 Å². The number of rotatable bonds is 5. The van der Waals surface area contributed by atoms with Crippen LogP contribution in [0.4, 0.5) is 0 Å². The standard InChI is InChI=1S/C16H25N3O2/c1-11-7-5-6-8-12(11)15(16(2,3)4)19-14(21)10-18-13(20)9-17/h5-8,15H,9-10,17H2,1-4H3,(H,18,20)(H,19,21). The fraction of sp³-hybridized carbons (Fsp3) is 0.500. The molecule has 0 fully saturated rings. The molecule has 1 atom stereocenters. The molecule has 0 heterocycles. The second-order valence-corrected chi connectivity index (χ2v) is 6.20. The van der Waals surface area contributed by atoms with Gasteiger partial charge in [0.25, 0.3) is 0 Å². The van der Waals surface area contributed by atoms with Gasteiger partial charge >= 0.3 is 0 Å². The Hall–Kier alpha value is -1.88. The fourth-order valence-corrected chi connectivity index (χ4v) is 2.13. The third-order valence-corrected chi connectivity index (χ3v) is 3.30. The van der Waals surface area contributed by atoms with Crippen molar-refractivity contribution in [3.63, 3.8) is 0 Å². The number of carbonyl (C=O) groups is 2. The number of amides is 2. The first-order chi connectivity index (χ1) is 9.75. The third kappa shape index (κ3) is 5.19. The molecule has 0 aromatic heterocycles. The zero-order valence-electron chi connectivity index (χ0n) is 13.2. The Balaban J connectivity index is 2.84. The van der Waals surface area contributed by atoms with Gasteiger partial charge in [0, 0.05) is 0 Å². The van der Waals surface area contributed by atoms with Crippen molar-refractivity contribution in [2.75, 3.05) is 13.1 Å². The van der Waals surface area contributed by atoms with Gasteiger partial charge in [-0.1, -0.05) is 45.0 Å². The molecule has 21 heavy (non-hydrogen) atoms. The van der Waals surface area contributed by atoms with Crippen LogP contribution in [-0.2, 0) is 9.59 Å². The van der Waals surface area contributed by atoms with E-state index in [-0.39, 0.29) is 36.4 Å². The molecule has 1 aromatic rings. The maximum Gasteiger partial charge on any atom is 0.239 e. The van der Waals surface area contributed by atoms with E-state index in [4.69, 9.17) is 5.73 Å². The number of carbonyl (C=O) groups excluding carboxylic acids is 2. The van der Waals surface area contributed by atoms with Gasteiger partial charge in [-0.2, -0.15) is 0 Å². The third-order valence-electron chi connectivity index (χ3n) is 3.30. The van der Waals surface area contributed by atoms with E-state index in [2.05, 4.69) is 31.4 Å². The van der Waals surface area contributed by atoms with Crippen LogP contribution in [0.1, 0.15) is 37.9 Å². The van der Waals surface area contributed by atoms with Crippen LogP contribution in [0.3, 0.4) is 0 Å². The van der Waals surface area contributed by atoms with Gasteiger partial charge in [0.15, 0.2) is 0 Å². The molecule has 0 bridgehead atoms. The second-order valence-electron chi connectivity index (χ2n) is 6.20. The van der Waals surface area contributed by atoms with E-state index in [1.165, 1.54) is 0 Å². The van der Waals surface area contributed by atoms with Crippen LogP contribution in [0.15, 0.2) is 24.3 Å². The highest BCUT2D eigenvalue weighted by molar-refractivity contribution is 5.85. The first-order valence-electron chi connectivity index (χ1n) is 7.07. The predicted molar refractivity (Wildman–Crippen MR) is 83.6 cm³/mol. The van der Waals surface area contributed by atoms with Crippen LogP contribution in [0.25, 0.3) is 0 Å². The summed E-state index contributed by atoms with van der Waals surface area (Å²) < 4.78 is 0. The smallest absolute Gasteiger partial charge is 0.239 e. The molecule has 0 saturated carbocycles. The molecule has 0 aliphatic heterocycles. The molecular formula is C16H25N3O2. The summed E-state index contributed by atoms with van der Waals surface area (Å²) in [4.78, 5) is 23.1. The van der Waals surface area contributed by atoms with Crippen LogP contribution < -0.4 is 16.4 Å². The fourth-order valence-electron chi connectivity index (χ4n) is 2.13. The zero-order valence-corrected chi connectivity index (χ0v) is 13.2. The number of nitrogens with two attached hydrogens (primary N) is 1. The normalized spacial score (nSPS) is 12.6. The van der Waals surface area contributed by atoms with Crippen LogP contribution in [-0.4, -0.2) is 24.9 Å². The predicted octanol–water partition coefficient (Wildman–Crippen LogP) is 1.27. The Morgan fingerprint density at radius 1 is 1.19 bits per heavy atom. The number of aryl methyl sites for hydroxylation is 1. The SMILES string of the molecule is Cc1ccccc1C(NC(=O)CNC(=O)CN)C(C)(C)C. The van der Waals surface area contributed by atoms with E-state index < -0.39 is 0 Å². The summed E-state index contributed by atoms with van der Waals surface area (Å²) in [5.41, 5.74) is 7.27. The van der Waals surface area contributed by atoms with Gasteiger partial charge in [0.1, 0.15) is 0 Å². The van der Waals surface area contributed by atoms with Crippen molar-refractivity contribution in [1.82, 2.24) is 10.6 Å². The molecule has 1 aromatic carbocycles. The Labute approximate surface area is 126 Å². The average Bonchev–Trinajstić information content (AvgIpc) is 2.42. The Morgan fingerprint density at radius 2 is 1.81 bits per heavy atom. The minimum atomic E-state index is -0.339. The van der Waals surface area contributed by atoms with Crippen molar-refractivity contribution < 1.29 is 9.59 Å². The summed E-state index contributed by atoms with van der Waals surface area (Å²) in [5, 5.41) is 5.48. The molecule has 116 valence electrons. The van der Waals surface area contributed by atoms with Crippen molar-refractivity contribution in [2.24, 2.45) is 11.1 Å². The molecule has 1 rings (SSSR count). The zero-order chi connectivity index (χ0) is 16.0. The molecule has 2 amide bonds. The minimum absolute atomic E-state index is 0.0610. The van der Waals surface area contributed by atoms with Crippen molar-refractivity contribution >= 4 is 11.8 Å². The average molecular weight is 291 g/mol.